The third kappa shape index (κ3) is 5.00. The first-order chi connectivity index (χ1) is 12.0. The lowest BCUT2D eigenvalue weighted by Gasteiger charge is -2.38. The molecule has 26 heavy (non-hydrogen) atoms. The smallest absolute Gasteiger partial charge is 0.387 e. The van der Waals surface area contributed by atoms with E-state index in [2.05, 4.69) is 27.3 Å². The average molecular weight is 485 g/mol. The van der Waals surface area contributed by atoms with Crippen molar-refractivity contribution in [2.45, 2.75) is 20.1 Å². The van der Waals surface area contributed by atoms with Gasteiger partial charge in [0, 0.05) is 37.2 Å². The molecular weight excluding hydrogens is 463 g/mol. The van der Waals surface area contributed by atoms with Crippen molar-refractivity contribution in [3.63, 3.8) is 0 Å². The van der Waals surface area contributed by atoms with Crippen LogP contribution in [0.2, 0.25) is 0 Å². The van der Waals surface area contributed by atoms with Gasteiger partial charge in [-0.2, -0.15) is 8.78 Å². The summed E-state index contributed by atoms with van der Waals surface area (Å²) in [6.07, 6.45) is 0. The summed E-state index contributed by atoms with van der Waals surface area (Å²) in [5, 5.41) is 6.30. The summed E-state index contributed by atoms with van der Waals surface area (Å²) in [4.78, 5) is 4.14. The number of hydrogen-bond donors (Lipinski definition) is 2. The molecule has 0 radical (unpaired) electrons. The van der Waals surface area contributed by atoms with Gasteiger partial charge < -0.3 is 29.6 Å². The summed E-state index contributed by atoms with van der Waals surface area (Å²) in [5.41, 5.74) is 0.603. The van der Waals surface area contributed by atoms with Crippen molar-refractivity contribution >= 4 is 29.9 Å². The molecule has 1 aromatic carbocycles. The van der Waals surface area contributed by atoms with Crippen LogP contribution < -0.4 is 24.8 Å². The van der Waals surface area contributed by atoms with Crippen LogP contribution in [-0.2, 0) is 11.3 Å². The van der Waals surface area contributed by atoms with Crippen LogP contribution in [0, 0.1) is 5.41 Å². The van der Waals surface area contributed by atoms with Gasteiger partial charge >= 0.3 is 6.61 Å². The van der Waals surface area contributed by atoms with Gasteiger partial charge in [-0.25, -0.2) is 0 Å². The Morgan fingerprint density at radius 3 is 2.54 bits per heavy atom. The van der Waals surface area contributed by atoms with E-state index in [0.717, 1.165) is 0 Å². The number of guanidine groups is 1. The molecule has 1 saturated heterocycles. The molecule has 2 heterocycles. The molecule has 2 N–H and O–H groups in total. The van der Waals surface area contributed by atoms with E-state index in [1.807, 2.05) is 0 Å². The topological polar surface area (TPSA) is 73.3 Å². The van der Waals surface area contributed by atoms with Gasteiger partial charge in [0.25, 0.3) is 0 Å². The minimum absolute atomic E-state index is 0. The summed E-state index contributed by atoms with van der Waals surface area (Å²) < 4.78 is 45.6. The third-order valence-electron chi connectivity index (χ3n) is 4.03. The number of fused-ring (bicyclic) bond motifs is 1. The van der Waals surface area contributed by atoms with Crippen molar-refractivity contribution < 1.29 is 27.7 Å². The molecule has 3 rings (SSSR count). The number of benzene rings is 1. The number of halogens is 3. The largest absolute Gasteiger partial charge is 0.454 e. The maximum atomic E-state index is 12.7. The highest BCUT2D eigenvalue weighted by Gasteiger charge is 2.33. The number of hydrogen-bond acceptors (Lipinski definition) is 5. The molecule has 2 aliphatic rings. The van der Waals surface area contributed by atoms with E-state index in [1.165, 1.54) is 6.07 Å². The Morgan fingerprint density at radius 1 is 1.27 bits per heavy atom. The van der Waals surface area contributed by atoms with E-state index in [0.29, 0.717) is 42.8 Å². The first-order valence-electron chi connectivity index (χ1n) is 7.89. The van der Waals surface area contributed by atoms with E-state index in [9.17, 15) is 8.78 Å². The molecule has 0 aromatic heterocycles. The van der Waals surface area contributed by atoms with E-state index in [1.54, 1.807) is 13.1 Å². The molecule has 0 aliphatic carbocycles. The van der Waals surface area contributed by atoms with Crippen LogP contribution in [0.1, 0.15) is 12.5 Å². The highest BCUT2D eigenvalue weighted by atomic mass is 127. The van der Waals surface area contributed by atoms with Gasteiger partial charge in [0.1, 0.15) is 5.75 Å². The Kier molecular flexibility index (Phi) is 7.09. The van der Waals surface area contributed by atoms with Gasteiger partial charge in [-0.3, -0.25) is 4.99 Å². The molecule has 1 aromatic rings. The minimum Gasteiger partial charge on any atom is -0.454 e. The lowest BCUT2D eigenvalue weighted by Crippen LogP contribution is -2.50. The second kappa shape index (κ2) is 8.89. The van der Waals surface area contributed by atoms with Crippen LogP contribution >= 0.6 is 24.0 Å². The highest BCUT2D eigenvalue weighted by Crippen LogP contribution is 2.38. The highest BCUT2D eigenvalue weighted by molar-refractivity contribution is 14.0. The fourth-order valence-corrected chi connectivity index (χ4v) is 2.56. The van der Waals surface area contributed by atoms with E-state index >= 15 is 0 Å². The molecule has 7 nitrogen and oxygen atoms in total. The van der Waals surface area contributed by atoms with Crippen LogP contribution in [0.3, 0.4) is 0 Å². The molecule has 146 valence electrons. The molecule has 0 bridgehead atoms. The van der Waals surface area contributed by atoms with Crippen molar-refractivity contribution in [2.75, 3.05) is 33.6 Å². The molecule has 0 atom stereocenters. The van der Waals surface area contributed by atoms with E-state index < -0.39 is 6.61 Å². The standard InChI is InChI=1S/C16H21F2N3O4.HI/c1-16(7-22-8-16)6-21-15(19-2)20-5-10-3-12-13(24-9-23-12)4-11(10)25-14(17)18;/h3-4,14H,5-9H2,1-2H3,(H2,19,20,21);1H. The zero-order valence-corrected chi connectivity index (χ0v) is 16.8. The van der Waals surface area contributed by atoms with Gasteiger partial charge in [-0.05, 0) is 6.07 Å². The number of aliphatic imine (C=N–C) groups is 1. The normalized spacial score (nSPS) is 17.3. The van der Waals surface area contributed by atoms with Crippen LogP contribution in [0.15, 0.2) is 17.1 Å². The summed E-state index contributed by atoms with van der Waals surface area (Å²) in [6, 6.07) is 3.04. The summed E-state index contributed by atoms with van der Waals surface area (Å²) in [7, 11) is 1.64. The monoisotopic (exact) mass is 485 g/mol. The van der Waals surface area contributed by atoms with Gasteiger partial charge in [-0.1, -0.05) is 6.92 Å². The number of ether oxygens (including phenoxy) is 4. The van der Waals surface area contributed by atoms with Crippen LogP contribution in [0.4, 0.5) is 8.78 Å². The Balaban J connectivity index is 0.00000243. The summed E-state index contributed by atoms with van der Waals surface area (Å²) in [6.45, 7) is 1.60. The van der Waals surface area contributed by atoms with Crippen molar-refractivity contribution in [2.24, 2.45) is 10.4 Å². The molecule has 0 amide bonds. The average Bonchev–Trinajstić information content (AvgIpc) is 2.99. The number of alkyl halides is 2. The van der Waals surface area contributed by atoms with Gasteiger partial charge in [-0.15, -0.1) is 24.0 Å². The Bertz CT molecular complexity index is 657. The van der Waals surface area contributed by atoms with Crippen molar-refractivity contribution in [1.29, 1.82) is 0 Å². The van der Waals surface area contributed by atoms with Gasteiger partial charge in [0.05, 0.1) is 13.2 Å². The maximum Gasteiger partial charge on any atom is 0.387 e. The van der Waals surface area contributed by atoms with Gasteiger partial charge in [0.15, 0.2) is 17.5 Å². The first-order valence-corrected chi connectivity index (χ1v) is 7.89. The Morgan fingerprint density at radius 2 is 1.96 bits per heavy atom. The molecule has 10 heteroatoms. The lowest BCUT2D eigenvalue weighted by atomic mass is 9.89. The molecule has 2 aliphatic heterocycles. The summed E-state index contributed by atoms with van der Waals surface area (Å²) in [5.74, 6) is 1.50. The zero-order valence-electron chi connectivity index (χ0n) is 14.5. The van der Waals surface area contributed by atoms with E-state index in [-0.39, 0.29) is 48.5 Å². The van der Waals surface area contributed by atoms with Crippen LogP contribution in [-0.4, -0.2) is 46.2 Å². The fourth-order valence-electron chi connectivity index (χ4n) is 2.56. The number of nitrogens with zero attached hydrogens (tertiary/aromatic N) is 1. The Labute approximate surface area is 167 Å². The SMILES string of the molecule is CN=C(NCc1cc2c(cc1OC(F)F)OCO2)NCC1(C)COC1.I. The summed E-state index contributed by atoms with van der Waals surface area (Å²) >= 11 is 0. The van der Waals surface area contributed by atoms with Crippen LogP contribution in [0.25, 0.3) is 0 Å². The fraction of sp³-hybridized carbons (Fsp3) is 0.562. The molecule has 1 fully saturated rings. The second-order valence-corrected chi connectivity index (χ2v) is 6.27. The Hall–Kier alpha value is -1.56. The van der Waals surface area contributed by atoms with Crippen molar-refractivity contribution in [1.82, 2.24) is 10.6 Å². The molecule has 0 spiro atoms. The molecular formula is C16H22F2IN3O4. The second-order valence-electron chi connectivity index (χ2n) is 6.27. The molecule has 0 unspecified atom stereocenters. The van der Waals surface area contributed by atoms with E-state index in [4.69, 9.17) is 14.2 Å². The van der Waals surface area contributed by atoms with Gasteiger partial charge in [0.2, 0.25) is 6.79 Å². The maximum absolute atomic E-state index is 12.7. The predicted octanol–water partition coefficient (Wildman–Crippen LogP) is 2.34. The first kappa shape index (κ1) is 20.7. The van der Waals surface area contributed by atoms with Crippen molar-refractivity contribution in [3.8, 4) is 17.2 Å². The molecule has 0 saturated carbocycles. The minimum atomic E-state index is -2.92. The predicted molar refractivity (Wildman–Crippen MR) is 102 cm³/mol. The van der Waals surface area contributed by atoms with Crippen molar-refractivity contribution in [3.05, 3.63) is 17.7 Å². The quantitative estimate of drug-likeness (QED) is 0.366. The number of nitrogens with one attached hydrogen (secondary N) is 2. The number of rotatable bonds is 6. The lowest BCUT2D eigenvalue weighted by molar-refractivity contribution is -0.0971. The van der Waals surface area contributed by atoms with Crippen LogP contribution in [0.5, 0.6) is 17.2 Å². The zero-order chi connectivity index (χ0) is 17.9. The third-order valence-corrected chi connectivity index (χ3v) is 4.03.